The number of hydrogen-bond acceptors (Lipinski definition) is 3. The maximum atomic E-state index is 10.5. The first kappa shape index (κ1) is 14.1. The SMILES string of the molecule is COc1cc(/C=C/C(=O)O)cc(OC)c1C(C)C. The summed E-state index contributed by atoms with van der Waals surface area (Å²) in [7, 11) is 3.18. The van der Waals surface area contributed by atoms with Gasteiger partial charge in [-0.15, -0.1) is 0 Å². The molecule has 0 fully saturated rings. The molecule has 0 unspecified atom stereocenters. The zero-order valence-corrected chi connectivity index (χ0v) is 11.1. The van der Waals surface area contributed by atoms with Gasteiger partial charge in [0.1, 0.15) is 11.5 Å². The second-order valence-electron chi connectivity index (χ2n) is 4.17. The van der Waals surface area contributed by atoms with E-state index < -0.39 is 5.97 Å². The molecule has 18 heavy (non-hydrogen) atoms. The summed E-state index contributed by atoms with van der Waals surface area (Å²) in [5.74, 6) is 0.678. The highest BCUT2D eigenvalue weighted by atomic mass is 16.5. The average molecular weight is 250 g/mol. The fraction of sp³-hybridized carbons (Fsp3) is 0.357. The standard InChI is InChI=1S/C14H18O4/c1-9(2)14-11(17-3)7-10(5-6-13(15)16)8-12(14)18-4/h5-9H,1-4H3,(H,15,16)/b6-5+. The van der Waals surface area contributed by atoms with Crippen LogP contribution in [0.3, 0.4) is 0 Å². The lowest BCUT2D eigenvalue weighted by atomic mass is 9.98. The number of carboxylic acid groups (broad SMARTS) is 1. The number of benzene rings is 1. The maximum Gasteiger partial charge on any atom is 0.328 e. The van der Waals surface area contributed by atoms with Gasteiger partial charge in [-0.25, -0.2) is 4.79 Å². The molecule has 1 aromatic carbocycles. The fourth-order valence-electron chi connectivity index (χ4n) is 1.79. The van der Waals surface area contributed by atoms with Gasteiger partial charge in [0, 0.05) is 11.6 Å². The molecular weight excluding hydrogens is 232 g/mol. The summed E-state index contributed by atoms with van der Waals surface area (Å²) < 4.78 is 10.7. The topological polar surface area (TPSA) is 55.8 Å². The third kappa shape index (κ3) is 3.26. The summed E-state index contributed by atoms with van der Waals surface area (Å²) in [5, 5.41) is 8.62. The quantitative estimate of drug-likeness (QED) is 0.816. The van der Waals surface area contributed by atoms with Crippen LogP contribution in [0.2, 0.25) is 0 Å². The second-order valence-corrected chi connectivity index (χ2v) is 4.17. The lowest BCUT2D eigenvalue weighted by molar-refractivity contribution is -0.131. The summed E-state index contributed by atoms with van der Waals surface area (Å²) in [5.41, 5.74) is 1.71. The summed E-state index contributed by atoms with van der Waals surface area (Å²) in [6.07, 6.45) is 2.60. The third-order valence-electron chi connectivity index (χ3n) is 2.56. The smallest absolute Gasteiger partial charge is 0.328 e. The molecule has 0 spiro atoms. The Kier molecular flexibility index (Phi) is 4.77. The van der Waals surface area contributed by atoms with Crippen molar-refractivity contribution < 1.29 is 19.4 Å². The molecule has 1 rings (SSSR count). The van der Waals surface area contributed by atoms with E-state index in [0.717, 1.165) is 17.2 Å². The van der Waals surface area contributed by atoms with Gasteiger partial charge in [0.2, 0.25) is 0 Å². The molecule has 0 heterocycles. The van der Waals surface area contributed by atoms with Gasteiger partial charge in [0.15, 0.2) is 0 Å². The molecule has 1 N–H and O–H groups in total. The average Bonchev–Trinajstić information content (AvgIpc) is 2.34. The maximum absolute atomic E-state index is 10.5. The van der Waals surface area contributed by atoms with Crippen LogP contribution in [0.25, 0.3) is 6.08 Å². The van der Waals surface area contributed by atoms with E-state index in [1.54, 1.807) is 26.4 Å². The molecule has 0 atom stereocenters. The number of ether oxygens (including phenoxy) is 2. The minimum Gasteiger partial charge on any atom is -0.496 e. The van der Waals surface area contributed by atoms with Gasteiger partial charge >= 0.3 is 5.97 Å². The molecule has 0 saturated carbocycles. The summed E-state index contributed by atoms with van der Waals surface area (Å²) in [4.78, 5) is 10.5. The van der Waals surface area contributed by atoms with Gasteiger partial charge in [-0.3, -0.25) is 0 Å². The number of aliphatic carboxylic acids is 1. The van der Waals surface area contributed by atoms with E-state index in [1.807, 2.05) is 13.8 Å². The molecule has 4 nitrogen and oxygen atoms in total. The highest BCUT2D eigenvalue weighted by Gasteiger charge is 2.14. The highest BCUT2D eigenvalue weighted by molar-refractivity contribution is 5.85. The summed E-state index contributed by atoms with van der Waals surface area (Å²) >= 11 is 0. The van der Waals surface area contributed by atoms with E-state index in [9.17, 15) is 4.79 Å². The number of hydrogen-bond donors (Lipinski definition) is 1. The van der Waals surface area contributed by atoms with Gasteiger partial charge in [-0.1, -0.05) is 13.8 Å². The van der Waals surface area contributed by atoms with E-state index in [0.29, 0.717) is 11.5 Å². The number of carbonyl (C=O) groups is 1. The molecule has 98 valence electrons. The number of rotatable bonds is 5. The van der Waals surface area contributed by atoms with Gasteiger partial charge in [-0.05, 0) is 29.7 Å². The normalized spacial score (nSPS) is 10.9. The molecule has 0 aliphatic heterocycles. The van der Waals surface area contributed by atoms with Crippen LogP contribution in [0.5, 0.6) is 11.5 Å². The molecular formula is C14H18O4. The molecule has 0 bridgehead atoms. The van der Waals surface area contributed by atoms with E-state index >= 15 is 0 Å². The minimum absolute atomic E-state index is 0.257. The summed E-state index contributed by atoms with van der Waals surface area (Å²) in [6, 6.07) is 3.61. The van der Waals surface area contributed by atoms with E-state index in [2.05, 4.69) is 0 Å². The Morgan fingerprint density at radius 3 is 2.06 bits per heavy atom. The van der Waals surface area contributed by atoms with Crippen molar-refractivity contribution in [2.45, 2.75) is 19.8 Å². The molecule has 0 aliphatic rings. The van der Waals surface area contributed by atoms with Crippen molar-refractivity contribution in [1.29, 1.82) is 0 Å². The minimum atomic E-state index is -0.985. The monoisotopic (exact) mass is 250 g/mol. The first-order valence-corrected chi connectivity index (χ1v) is 5.66. The van der Waals surface area contributed by atoms with Gasteiger partial charge in [0.05, 0.1) is 14.2 Å². The predicted molar refractivity (Wildman–Crippen MR) is 70.3 cm³/mol. The van der Waals surface area contributed by atoms with Crippen molar-refractivity contribution >= 4 is 12.0 Å². The Hall–Kier alpha value is -1.97. The van der Waals surface area contributed by atoms with Crippen LogP contribution in [0.4, 0.5) is 0 Å². The van der Waals surface area contributed by atoms with Crippen LogP contribution >= 0.6 is 0 Å². The second kappa shape index (κ2) is 6.10. The molecule has 1 aromatic rings. The Morgan fingerprint density at radius 1 is 1.22 bits per heavy atom. The van der Waals surface area contributed by atoms with Crippen LogP contribution in [-0.4, -0.2) is 25.3 Å². The lowest BCUT2D eigenvalue weighted by Crippen LogP contribution is -1.99. The Bertz CT molecular complexity index is 436. The van der Waals surface area contributed by atoms with Crippen LogP contribution in [0.15, 0.2) is 18.2 Å². The van der Waals surface area contributed by atoms with Crippen molar-refractivity contribution in [2.24, 2.45) is 0 Å². The largest absolute Gasteiger partial charge is 0.496 e. The molecule has 0 aromatic heterocycles. The van der Waals surface area contributed by atoms with Crippen LogP contribution in [0.1, 0.15) is 30.9 Å². The van der Waals surface area contributed by atoms with Crippen molar-refractivity contribution in [2.75, 3.05) is 14.2 Å². The van der Waals surface area contributed by atoms with Crippen molar-refractivity contribution in [1.82, 2.24) is 0 Å². The van der Waals surface area contributed by atoms with Crippen molar-refractivity contribution in [3.63, 3.8) is 0 Å². The first-order valence-electron chi connectivity index (χ1n) is 5.66. The molecule has 0 aliphatic carbocycles. The molecule has 0 radical (unpaired) electrons. The van der Waals surface area contributed by atoms with Crippen molar-refractivity contribution in [3.8, 4) is 11.5 Å². The van der Waals surface area contributed by atoms with Crippen LogP contribution < -0.4 is 9.47 Å². The first-order chi connectivity index (χ1) is 8.49. The summed E-state index contributed by atoms with van der Waals surface area (Å²) in [6.45, 7) is 4.10. The van der Waals surface area contributed by atoms with Gasteiger partial charge in [-0.2, -0.15) is 0 Å². The van der Waals surface area contributed by atoms with Gasteiger partial charge < -0.3 is 14.6 Å². The zero-order valence-electron chi connectivity index (χ0n) is 11.1. The van der Waals surface area contributed by atoms with Gasteiger partial charge in [0.25, 0.3) is 0 Å². The molecule has 0 amide bonds. The van der Waals surface area contributed by atoms with Crippen molar-refractivity contribution in [3.05, 3.63) is 29.3 Å². The Morgan fingerprint density at radius 2 is 1.72 bits per heavy atom. The highest BCUT2D eigenvalue weighted by Crippen LogP contribution is 2.36. The Balaban J connectivity index is 3.30. The zero-order chi connectivity index (χ0) is 13.7. The number of methoxy groups -OCH3 is 2. The molecule has 4 heteroatoms. The molecule has 0 saturated heterocycles. The van der Waals surface area contributed by atoms with E-state index in [4.69, 9.17) is 14.6 Å². The van der Waals surface area contributed by atoms with Crippen LogP contribution in [-0.2, 0) is 4.79 Å². The Labute approximate surface area is 107 Å². The fourth-order valence-corrected chi connectivity index (χ4v) is 1.79. The van der Waals surface area contributed by atoms with E-state index in [-0.39, 0.29) is 5.92 Å². The van der Waals surface area contributed by atoms with E-state index in [1.165, 1.54) is 6.08 Å². The lowest BCUT2D eigenvalue weighted by Gasteiger charge is -2.17. The predicted octanol–water partition coefficient (Wildman–Crippen LogP) is 2.93. The van der Waals surface area contributed by atoms with Crippen LogP contribution in [0, 0.1) is 0 Å². The third-order valence-corrected chi connectivity index (χ3v) is 2.56. The number of carboxylic acids is 1.